The Kier molecular flexibility index (Phi) is 5.38. The van der Waals surface area contributed by atoms with Gasteiger partial charge in [-0.05, 0) is 6.42 Å². The summed E-state index contributed by atoms with van der Waals surface area (Å²) in [5.74, 6) is 0.656. The summed E-state index contributed by atoms with van der Waals surface area (Å²) in [6.45, 7) is 8.20. The van der Waals surface area contributed by atoms with Crippen LogP contribution in [0.1, 0.15) is 52.7 Å². The molecule has 0 bridgehead atoms. The van der Waals surface area contributed by atoms with Gasteiger partial charge in [-0.25, -0.2) is 4.98 Å². The third-order valence-corrected chi connectivity index (χ3v) is 3.44. The highest BCUT2D eigenvalue weighted by molar-refractivity contribution is 9.10. The first-order valence-corrected chi connectivity index (χ1v) is 7.17. The average molecular weight is 317 g/mol. The Labute approximate surface area is 117 Å². The van der Waals surface area contributed by atoms with Crippen LogP contribution < -0.4 is 5.32 Å². The Hall–Kier alpha value is -0.840. The Morgan fingerprint density at radius 3 is 2.72 bits per heavy atom. The van der Waals surface area contributed by atoms with Crippen molar-refractivity contribution in [3.8, 4) is 0 Å². The molecule has 0 aliphatic rings. The molecule has 0 radical (unpaired) electrons. The van der Waals surface area contributed by atoms with E-state index in [0.29, 0.717) is 0 Å². The lowest BCUT2D eigenvalue weighted by atomic mass is 9.94. The molecular weight excluding hydrogens is 296 g/mol. The Morgan fingerprint density at radius 2 is 2.22 bits per heavy atom. The predicted octanol–water partition coefficient (Wildman–Crippen LogP) is 3.86. The second-order valence-corrected chi connectivity index (χ2v) is 6.48. The minimum Gasteiger partial charge on any atom is -0.428 e. The summed E-state index contributed by atoms with van der Waals surface area (Å²) >= 11 is 3.37. The van der Waals surface area contributed by atoms with Crippen LogP contribution in [0, 0.1) is 0 Å². The first-order valence-electron chi connectivity index (χ1n) is 6.26. The summed E-state index contributed by atoms with van der Waals surface area (Å²) in [4.78, 5) is 15.7. The lowest BCUT2D eigenvalue weighted by Crippen LogP contribution is -2.22. The molecule has 1 N–H and O–H groups in total. The molecule has 4 nitrogen and oxygen atoms in total. The molecule has 1 rings (SSSR count). The van der Waals surface area contributed by atoms with Crippen molar-refractivity contribution < 1.29 is 9.21 Å². The molecule has 0 spiro atoms. The number of hydrogen-bond donors (Lipinski definition) is 1. The van der Waals surface area contributed by atoms with Gasteiger partial charge >= 0.3 is 6.01 Å². The van der Waals surface area contributed by atoms with E-state index in [1.54, 1.807) is 6.20 Å². The Morgan fingerprint density at radius 1 is 1.56 bits per heavy atom. The summed E-state index contributed by atoms with van der Waals surface area (Å²) in [7, 11) is 0. The van der Waals surface area contributed by atoms with E-state index < -0.39 is 0 Å². The van der Waals surface area contributed by atoms with Gasteiger partial charge in [0.15, 0.2) is 0 Å². The van der Waals surface area contributed by atoms with Crippen molar-refractivity contribution in [1.29, 1.82) is 0 Å². The fraction of sp³-hybridized carbons (Fsp3) is 0.692. The molecule has 1 aromatic rings. The zero-order valence-corrected chi connectivity index (χ0v) is 13.0. The lowest BCUT2D eigenvalue weighted by molar-refractivity contribution is -0.115. The number of hydrogen-bond acceptors (Lipinski definition) is 3. The average Bonchev–Trinajstić information content (AvgIpc) is 2.73. The predicted molar refractivity (Wildman–Crippen MR) is 76.1 cm³/mol. The molecule has 0 saturated heterocycles. The minimum atomic E-state index is -0.192. The van der Waals surface area contributed by atoms with Crippen molar-refractivity contribution in [3.05, 3.63) is 12.0 Å². The van der Waals surface area contributed by atoms with Gasteiger partial charge in [-0.15, -0.1) is 0 Å². The minimum absolute atomic E-state index is 0.105. The first-order chi connectivity index (χ1) is 8.34. The number of nitrogens with zero attached hydrogens (tertiary/aromatic N) is 1. The van der Waals surface area contributed by atoms with Gasteiger partial charge in [0, 0.05) is 5.41 Å². The molecule has 5 heteroatoms. The number of unbranched alkanes of at least 4 members (excludes halogenated alkanes) is 1. The second-order valence-electron chi connectivity index (χ2n) is 5.38. The molecule has 102 valence electrons. The highest BCUT2D eigenvalue weighted by Crippen LogP contribution is 2.24. The van der Waals surface area contributed by atoms with E-state index in [4.69, 9.17) is 4.42 Å². The van der Waals surface area contributed by atoms with Crippen LogP contribution in [0.3, 0.4) is 0 Å². The van der Waals surface area contributed by atoms with Crippen molar-refractivity contribution in [1.82, 2.24) is 4.98 Å². The van der Waals surface area contributed by atoms with Gasteiger partial charge in [0.25, 0.3) is 0 Å². The molecule has 0 aliphatic heterocycles. The van der Waals surface area contributed by atoms with Crippen LogP contribution in [0.25, 0.3) is 0 Å². The van der Waals surface area contributed by atoms with Crippen LogP contribution in [0.4, 0.5) is 6.01 Å². The van der Waals surface area contributed by atoms with Gasteiger partial charge in [-0.3, -0.25) is 10.1 Å². The van der Waals surface area contributed by atoms with Gasteiger partial charge in [-0.2, -0.15) is 0 Å². The van der Waals surface area contributed by atoms with Crippen molar-refractivity contribution in [2.75, 3.05) is 5.32 Å². The second kappa shape index (κ2) is 6.36. The highest BCUT2D eigenvalue weighted by Gasteiger charge is 2.21. The zero-order valence-electron chi connectivity index (χ0n) is 11.4. The molecule has 1 aromatic heterocycles. The van der Waals surface area contributed by atoms with Crippen molar-refractivity contribution in [3.63, 3.8) is 0 Å². The Bertz CT molecular complexity index is 396. The normalized spacial score (nSPS) is 13.4. The van der Waals surface area contributed by atoms with Crippen LogP contribution in [0.2, 0.25) is 0 Å². The number of carbonyl (C=O) groups excluding carboxylic acids is 1. The summed E-state index contributed by atoms with van der Waals surface area (Å²) in [6, 6.07) is 0.269. The van der Waals surface area contributed by atoms with E-state index in [0.717, 1.165) is 25.0 Å². The van der Waals surface area contributed by atoms with Gasteiger partial charge in [0.1, 0.15) is 5.76 Å². The van der Waals surface area contributed by atoms with E-state index in [-0.39, 0.29) is 22.2 Å². The molecule has 1 amide bonds. The number of amides is 1. The lowest BCUT2D eigenvalue weighted by Gasteiger charge is -2.13. The summed E-state index contributed by atoms with van der Waals surface area (Å²) in [5.41, 5.74) is -0.105. The maximum absolute atomic E-state index is 11.8. The summed E-state index contributed by atoms with van der Waals surface area (Å²) < 4.78 is 5.51. The van der Waals surface area contributed by atoms with Gasteiger partial charge < -0.3 is 4.42 Å². The third kappa shape index (κ3) is 4.44. The van der Waals surface area contributed by atoms with Crippen molar-refractivity contribution >= 4 is 27.9 Å². The highest BCUT2D eigenvalue weighted by atomic mass is 79.9. The zero-order chi connectivity index (χ0) is 13.8. The molecule has 0 aliphatic carbocycles. The smallest absolute Gasteiger partial charge is 0.301 e. The number of halogens is 1. The van der Waals surface area contributed by atoms with E-state index >= 15 is 0 Å². The van der Waals surface area contributed by atoms with Gasteiger partial charge in [-0.1, -0.05) is 56.5 Å². The molecular formula is C13H21BrN2O2. The number of anilines is 1. The standard InChI is InChI=1S/C13H21BrN2O2/c1-5-6-7-9(14)11(17)16-12-15-8-10(18-12)13(2,3)4/h8-9H,5-7H2,1-4H3,(H,15,16,17). The first kappa shape index (κ1) is 15.2. The van der Waals surface area contributed by atoms with Crippen molar-refractivity contribution in [2.24, 2.45) is 0 Å². The quantitative estimate of drug-likeness (QED) is 0.839. The largest absolute Gasteiger partial charge is 0.428 e. The molecule has 1 unspecified atom stereocenters. The number of oxazole rings is 1. The van der Waals surface area contributed by atoms with E-state index in [2.05, 4.69) is 33.2 Å². The van der Waals surface area contributed by atoms with Crippen LogP contribution in [0.15, 0.2) is 10.6 Å². The number of aromatic nitrogens is 1. The number of nitrogens with one attached hydrogen (secondary N) is 1. The monoisotopic (exact) mass is 316 g/mol. The maximum Gasteiger partial charge on any atom is 0.301 e. The third-order valence-electron chi connectivity index (χ3n) is 2.57. The molecule has 18 heavy (non-hydrogen) atoms. The number of rotatable bonds is 5. The fourth-order valence-corrected chi connectivity index (χ4v) is 1.81. The van der Waals surface area contributed by atoms with Gasteiger partial charge in [0.2, 0.25) is 5.91 Å². The van der Waals surface area contributed by atoms with Crippen molar-refractivity contribution in [2.45, 2.75) is 57.2 Å². The van der Waals surface area contributed by atoms with E-state index in [1.807, 2.05) is 20.8 Å². The molecule has 0 fully saturated rings. The summed E-state index contributed by atoms with van der Waals surface area (Å²) in [5, 5.41) is 2.68. The molecule has 1 heterocycles. The number of alkyl halides is 1. The van der Waals surface area contributed by atoms with Crippen LogP contribution >= 0.6 is 15.9 Å². The molecule has 0 saturated carbocycles. The molecule has 0 aromatic carbocycles. The van der Waals surface area contributed by atoms with Crippen LogP contribution in [0.5, 0.6) is 0 Å². The topological polar surface area (TPSA) is 55.1 Å². The van der Waals surface area contributed by atoms with Gasteiger partial charge in [0.05, 0.1) is 11.0 Å². The summed E-state index contributed by atoms with van der Waals surface area (Å²) in [6.07, 6.45) is 4.56. The SMILES string of the molecule is CCCCC(Br)C(=O)Nc1ncc(C(C)(C)C)o1. The Balaban J connectivity index is 2.57. The number of carbonyl (C=O) groups is 1. The van der Waals surface area contributed by atoms with E-state index in [1.165, 1.54) is 0 Å². The maximum atomic E-state index is 11.8. The molecule has 1 atom stereocenters. The van der Waals surface area contributed by atoms with Crippen LogP contribution in [-0.4, -0.2) is 15.7 Å². The van der Waals surface area contributed by atoms with Crippen LogP contribution in [-0.2, 0) is 10.2 Å². The van der Waals surface area contributed by atoms with E-state index in [9.17, 15) is 4.79 Å². The fourth-order valence-electron chi connectivity index (χ4n) is 1.38.